The third-order valence-electron chi connectivity index (χ3n) is 6.68. The summed E-state index contributed by atoms with van der Waals surface area (Å²) in [5.41, 5.74) is 1.13. The molecule has 0 bridgehead atoms. The lowest BCUT2D eigenvalue weighted by Crippen LogP contribution is -2.39. The molecule has 0 saturated carbocycles. The number of likely N-dealkylation sites (tertiary alicyclic amines) is 1. The molecule has 0 aromatic heterocycles. The standard InChI is InChI=1S/C29H35ClN2O6/c1-3-16-38-23-11-8-21(19-24(23)37-4-2)26-25(27(33)20-6-9-22(30)10-7-20)28(34)29(35)32(26)13-5-12-31-14-17-36-18-15-31/h6-11,19,26,33H,3-5,12-18H2,1-2H3. The van der Waals surface area contributed by atoms with Crippen molar-refractivity contribution in [2.45, 2.75) is 32.7 Å². The molecule has 2 aliphatic rings. The first-order valence-electron chi connectivity index (χ1n) is 13.2. The summed E-state index contributed by atoms with van der Waals surface area (Å²) in [6.45, 7) is 9.09. The second kappa shape index (κ2) is 13.1. The number of hydrogen-bond acceptors (Lipinski definition) is 7. The molecular weight excluding hydrogens is 508 g/mol. The van der Waals surface area contributed by atoms with Gasteiger partial charge in [0.25, 0.3) is 11.7 Å². The minimum absolute atomic E-state index is 0.0494. The van der Waals surface area contributed by atoms with Crippen LogP contribution in [0, 0.1) is 0 Å². The number of carbonyl (C=O) groups is 2. The average molecular weight is 543 g/mol. The van der Waals surface area contributed by atoms with Gasteiger partial charge in [0.15, 0.2) is 11.5 Å². The lowest BCUT2D eigenvalue weighted by molar-refractivity contribution is -0.140. The molecule has 4 rings (SSSR count). The van der Waals surface area contributed by atoms with E-state index >= 15 is 0 Å². The van der Waals surface area contributed by atoms with Crippen molar-refractivity contribution in [3.8, 4) is 11.5 Å². The molecule has 2 heterocycles. The van der Waals surface area contributed by atoms with E-state index in [9.17, 15) is 14.7 Å². The van der Waals surface area contributed by atoms with Crippen LogP contribution in [0.15, 0.2) is 48.0 Å². The van der Waals surface area contributed by atoms with E-state index in [-0.39, 0.29) is 11.3 Å². The summed E-state index contributed by atoms with van der Waals surface area (Å²) in [5.74, 6) is -0.442. The highest BCUT2D eigenvalue weighted by Gasteiger charge is 2.46. The molecule has 1 unspecified atom stereocenters. The van der Waals surface area contributed by atoms with Crippen LogP contribution in [-0.2, 0) is 14.3 Å². The predicted molar refractivity (Wildman–Crippen MR) is 146 cm³/mol. The Balaban J connectivity index is 1.72. The van der Waals surface area contributed by atoms with Crippen LogP contribution in [0.4, 0.5) is 0 Å². The first-order chi connectivity index (χ1) is 18.4. The Kier molecular flexibility index (Phi) is 9.66. The number of ketones is 1. The van der Waals surface area contributed by atoms with Gasteiger partial charge in [0.05, 0.1) is 38.0 Å². The summed E-state index contributed by atoms with van der Waals surface area (Å²) in [7, 11) is 0. The van der Waals surface area contributed by atoms with Gasteiger partial charge in [-0.25, -0.2) is 0 Å². The third kappa shape index (κ3) is 6.31. The van der Waals surface area contributed by atoms with E-state index in [1.165, 1.54) is 0 Å². The lowest BCUT2D eigenvalue weighted by Gasteiger charge is -2.29. The van der Waals surface area contributed by atoms with Crippen LogP contribution < -0.4 is 9.47 Å². The van der Waals surface area contributed by atoms with Crippen molar-refractivity contribution in [2.24, 2.45) is 0 Å². The number of rotatable bonds is 11. The molecule has 1 atom stereocenters. The van der Waals surface area contributed by atoms with Gasteiger partial charge in [0, 0.05) is 36.8 Å². The normalized spacial score (nSPS) is 19.7. The molecule has 0 radical (unpaired) electrons. The molecule has 8 nitrogen and oxygen atoms in total. The Morgan fingerprint density at radius 1 is 1.03 bits per heavy atom. The van der Waals surface area contributed by atoms with Gasteiger partial charge in [0.1, 0.15) is 5.76 Å². The van der Waals surface area contributed by atoms with Crippen molar-refractivity contribution >= 4 is 29.1 Å². The number of benzene rings is 2. The zero-order valence-corrected chi connectivity index (χ0v) is 22.7. The molecule has 2 aliphatic heterocycles. The molecule has 9 heteroatoms. The lowest BCUT2D eigenvalue weighted by atomic mass is 9.95. The van der Waals surface area contributed by atoms with Gasteiger partial charge in [-0.2, -0.15) is 0 Å². The number of hydrogen-bond donors (Lipinski definition) is 1. The van der Waals surface area contributed by atoms with E-state index in [1.807, 2.05) is 19.9 Å². The molecule has 38 heavy (non-hydrogen) atoms. The minimum atomic E-state index is -0.769. The zero-order chi connectivity index (χ0) is 27.1. The van der Waals surface area contributed by atoms with E-state index in [2.05, 4.69) is 4.90 Å². The van der Waals surface area contributed by atoms with Gasteiger partial charge in [-0.3, -0.25) is 14.5 Å². The summed E-state index contributed by atoms with van der Waals surface area (Å²) >= 11 is 6.03. The van der Waals surface area contributed by atoms with Gasteiger partial charge < -0.3 is 24.2 Å². The van der Waals surface area contributed by atoms with Crippen molar-refractivity contribution in [2.75, 3.05) is 52.6 Å². The molecule has 1 amide bonds. The monoisotopic (exact) mass is 542 g/mol. The van der Waals surface area contributed by atoms with Crippen LogP contribution in [0.25, 0.3) is 5.76 Å². The summed E-state index contributed by atoms with van der Waals surface area (Å²) in [6, 6.07) is 11.2. The van der Waals surface area contributed by atoms with Gasteiger partial charge in [0.2, 0.25) is 0 Å². The zero-order valence-electron chi connectivity index (χ0n) is 22.0. The molecular formula is C29H35ClN2O6. The first-order valence-corrected chi connectivity index (χ1v) is 13.6. The molecule has 0 aliphatic carbocycles. The maximum absolute atomic E-state index is 13.3. The number of carbonyl (C=O) groups excluding carboxylic acids is 2. The molecule has 0 spiro atoms. The summed E-state index contributed by atoms with van der Waals surface area (Å²) in [6.07, 6.45) is 1.53. The Labute approximate surface area is 228 Å². The summed E-state index contributed by atoms with van der Waals surface area (Å²) in [4.78, 5) is 30.5. The Hall–Kier alpha value is -3.07. The Morgan fingerprint density at radius 2 is 1.76 bits per heavy atom. The topological polar surface area (TPSA) is 88.5 Å². The molecule has 2 aromatic carbocycles. The van der Waals surface area contributed by atoms with Crippen LogP contribution in [0.2, 0.25) is 5.02 Å². The fraction of sp³-hybridized carbons (Fsp3) is 0.448. The number of aliphatic hydroxyl groups excluding tert-OH is 1. The van der Waals surface area contributed by atoms with Crippen molar-refractivity contribution in [1.29, 1.82) is 0 Å². The molecule has 204 valence electrons. The van der Waals surface area contributed by atoms with Gasteiger partial charge in [-0.15, -0.1) is 0 Å². The molecule has 2 saturated heterocycles. The first kappa shape index (κ1) is 28.0. The highest BCUT2D eigenvalue weighted by Crippen LogP contribution is 2.42. The van der Waals surface area contributed by atoms with E-state index in [4.69, 9.17) is 25.8 Å². The SMILES string of the molecule is CCCOc1ccc(C2C(=C(O)c3ccc(Cl)cc3)C(=O)C(=O)N2CCCN2CCOCC2)cc1OCC. The number of ether oxygens (including phenoxy) is 3. The van der Waals surface area contributed by atoms with Crippen LogP contribution in [0.3, 0.4) is 0 Å². The minimum Gasteiger partial charge on any atom is -0.507 e. The highest BCUT2D eigenvalue weighted by atomic mass is 35.5. The van der Waals surface area contributed by atoms with Crippen LogP contribution >= 0.6 is 11.6 Å². The number of morpholine rings is 1. The Bertz CT molecular complexity index is 1160. The Morgan fingerprint density at radius 3 is 2.45 bits per heavy atom. The molecule has 2 aromatic rings. The van der Waals surface area contributed by atoms with Gasteiger partial charge in [-0.1, -0.05) is 24.6 Å². The smallest absolute Gasteiger partial charge is 0.295 e. The number of halogens is 1. The average Bonchev–Trinajstić information content (AvgIpc) is 3.18. The van der Waals surface area contributed by atoms with Gasteiger partial charge in [-0.05, 0) is 61.7 Å². The maximum Gasteiger partial charge on any atom is 0.295 e. The van der Waals surface area contributed by atoms with Crippen LogP contribution in [0.5, 0.6) is 11.5 Å². The van der Waals surface area contributed by atoms with Crippen molar-refractivity contribution in [3.05, 3.63) is 64.2 Å². The second-order valence-corrected chi connectivity index (χ2v) is 9.73. The fourth-order valence-corrected chi connectivity index (χ4v) is 4.93. The molecule has 1 N–H and O–H groups in total. The number of aliphatic hydroxyl groups is 1. The van der Waals surface area contributed by atoms with Crippen molar-refractivity contribution in [1.82, 2.24) is 9.80 Å². The predicted octanol–water partition coefficient (Wildman–Crippen LogP) is 4.67. The van der Waals surface area contributed by atoms with Crippen molar-refractivity contribution < 1.29 is 28.9 Å². The molecule has 2 fully saturated rings. The quantitative estimate of drug-likeness (QED) is 0.251. The van der Waals surface area contributed by atoms with E-state index in [0.29, 0.717) is 67.0 Å². The summed E-state index contributed by atoms with van der Waals surface area (Å²) in [5, 5.41) is 11.8. The van der Waals surface area contributed by atoms with E-state index in [1.54, 1.807) is 41.3 Å². The maximum atomic E-state index is 13.3. The largest absolute Gasteiger partial charge is 0.507 e. The van der Waals surface area contributed by atoms with E-state index in [0.717, 1.165) is 26.1 Å². The number of amides is 1. The summed E-state index contributed by atoms with van der Waals surface area (Å²) < 4.78 is 17.1. The third-order valence-corrected chi connectivity index (χ3v) is 6.93. The highest BCUT2D eigenvalue weighted by molar-refractivity contribution is 6.46. The number of Topliss-reactive ketones (excluding diaryl/α,β-unsaturated/α-hetero) is 1. The fourth-order valence-electron chi connectivity index (χ4n) is 4.80. The van der Waals surface area contributed by atoms with Crippen molar-refractivity contribution in [3.63, 3.8) is 0 Å². The van der Waals surface area contributed by atoms with E-state index < -0.39 is 17.7 Å². The van der Waals surface area contributed by atoms with Crippen LogP contribution in [-0.4, -0.2) is 79.2 Å². The van der Waals surface area contributed by atoms with Gasteiger partial charge >= 0.3 is 0 Å². The number of nitrogens with zero attached hydrogens (tertiary/aromatic N) is 2. The second-order valence-electron chi connectivity index (χ2n) is 9.29. The van der Waals surface area contributed by atoms with Crippen LogP contribution in [0.1, 0.15) is 43.9 Å².